The third kappa shape index (κ3) is 3.14. The molecule has 3 N–H and O–H groups in total. The summed E-state index contributed by atoms with van der Waals surface area (Å²) in [4.78, 5) is 7.30. The molecule has 21 heavy (non-hydrogen) atoms. The van der Waals surface area contributed by atoms with Crippen molar-refractivity contribution in [1.29, 1.82) is 0 Å². The first kappa shape index (κ1) is 13.4. The van der Waals surface area contributed by atoms with Gasteiger partial charge in [-0.3, -0.25) is 4.72 Å². The number of pyridine rings is 1. The molecule has 3 rings (SSSR count). The first-order valence-corrected chi connectivity index (χ1v) is 8.17. The number of aromatic nitrogens is 2. The molecule has 6 nitrogen and oxygen atoms in total. The van der Waals surface area contributed by atoms with Crippen molar-refractivity contribution < 1.29 is 8.42 Å². The molecule has 0 saturated carbocycles. The molecule has 0 bridgehead atoms. The van der Waals surface area contributed by atoms with E-state index < -0.39 is 10.0 Å². The van der Waals surface area contributed by atoms with Gasteiger partial charge in [0.05, 0.1) is 17.6 Å². The number of rotatable bonds is 4. The van der Waals surface area contributed by atoms with Crippen LogP contribution in [0, 0.1) is 0 Å². The summed E-state index contributed by atoms with van der Waals surface area (Å²) in [6.45, 7) is 0. The van der Waals surface area contributed by atoms with Gasteiger partial charge in [-0.15, -0.1) is 0 Å². The minimum atomic E-state index is -3.28. The van der Waals surface area contributed by atoms with Gasteiger partial charge in [0, 0.05) is 23.5 Å². The molecule has 7 heteroatoms. The maximum absolute atomic E-state index is 11.3. The lowest BCUT2D eigenvalue weighted by Gasteiger charge is -2.08. The van der Waals surface area contributed by atoms with E-state index in [2.05, 4.69) is 20.0 Å². The third-order valence-corrected chi connectivity index (χ3v) is 3.50. The Kier molecular flexibility index (Phi) is 3.26. The summed E-state index contributed by atoms with van der Waals surface area (Å²) < 4.78 is 25.0. The normalized spacial score (nSPS) is 11.5. The number of nitrogens with one attached hydrogen (secondary N) is 3. The summed E-state index contributed by atoms with van der Waals surface area (Å²) in [5.74, 6) is 0. The number of sulfonamides is 1. The van der Waals surface area contributed by atoms with E-state index in [-0.39, 0.29) is 0 Å². The summed E-state index contributed by atoms with van der Waals surface area (Å²) in [6.07, 6.45) is 4.67. The first-order valence-electron chi connectivity index (χ1n) is 6.28. The van der Waals surface area contributed by atoms with E-state index in [1.807, 2.05) is 24.4 Å². The van der Waals surface area contributed by atoms with Crippen LogP contribution in [0.3, 0.4) is 0 Å². The fourth-order valence-electron chi connectivity index (χ4n) is 2.09. The van der Waals surface area contributed by atoms with Crippen LogP contribution in [0.15, 0.2) is 48.8 Å². The fourth-order valence-corrected chi connectivity index (χ4v) is 2.64. The first-order chi connectivity index (χ1) is 10.0. The van der Waals surface area contributed by atoms with Gasteiger partial charge < -0.3 is 10.3 Å². The lowest BCUT2D eigenvalue weighted by atomic mass is 10.2. The molecule has 0 radical (unpaired) electrons. The van der Waals surface area contributed by atoms with Gasteiger partial charge >= 0.3 is 0 Å². The summed E-state index contributed by atoms with van der Waals surface area (Å²) >= 11 is 0. The Morgan fingerprint density at radius 3 is 2.76 bits per heavy atom. The molecule has 0 aliphatic rings. The molecule has 0 saturated heterocycles. The van der Waals surface area contributed by atoms with E-state index in [4.69, 9.17) is 0 Å². The summed E-state index contributed by atoms with van der Waals surface area (Å²) in [5, 5.41) is 4.22. The second-order valence-electron chi connectivity index (χ2n) is 4.68. The van der Waals surface area contributed by atoms with E-state index in [0.29, 0.717) is 5.69 Å². The predicted octanol–water partition coefficient (Wildman–Crippen LogP) is 2.68. The van der Waals surface area contributed by atoms with Crippen molar-refractivity contribution in [3.05, 3.63) is 48.8 Å². The van der Waals surface area contributed by atoms with Crippen LogP contribution < -0.4 is 10.0 Å². The quantitative estimate of drug-likeness (QED) is 0.691. The van der Waals surface area contributed by atoms with Gasteiger partial charge in [-0.25, -0.2) is 13.4 Å². The van der Waals surface area contributed by atoms with Crippen LogP contribution in [-0.2, 0) is 10.0 Å². The largest absolute Gasteiger partial charge is 0.354 e. The highest BCUT2D eigenvalue weighted by atomic mass is 32.2. The molecule has 0 unspecified atom stereocenters. The minimum absolute atomic E-state index is 0.514. The average molecular weight is 302 g/mol. The molecule has 1 aromatic carbocycles. The van der Waals surface area contributed by atoms with Crippen molar-refractivity contribution in [3.8, 4) is 0 Å². The Hall–Kier alpha value is -2.54. The van der Waals surface area contributed by atoms with Crippen molar-refractivity contribution in [2.75, 3.05) is 16.3 Å². The summed E-state index contributed by atoms with van der Waals surface area (Å²) in [5.41, 5.74) is 2.98. The Morgan fingerprint density at radius 1 is 1.14 bits per heavy atom. The van der Waals surface area contributed by atoms with Crippen LogP contribution >= 0.6 is 0 Å². The number of hydrogen-bond acceptors (Lipinski definition) is 4. The molecule has 0 atom stereocenters. The number of hydrogen-bond donors (Lipinski definition) is 3. The van der Waals surface area contributed by atoms with Crippen molar-refractivity contribution in [2.24, 2.45) is 0 Å². The maximum Gasteiger partial charge on any atom is 0.229 e. The lowest BCUT2D eigenvalue weighted by molar-refractivity contribution is 0.607. The SMILES string of the molecule is CS(=O)(=O)Nc1cccc(Nc2c[nH]c3ncccc23)c1. The van der Waals surface area contributed by atoms with E-state index >= 15 is 0 Å². The Morgan fingerprint density at radius 2 is 1.95 bits per heavy atom. The highest BCUT2D eigenvalue weighted by molar-refractivity contribution is 7.92. The van der Waals surface area contributed by atoms with Gasteiger partial charge in [-0.1, -0.05) is 6.07 Å². The van der Waals surface area contributed by atoms with Gasteiger partial charge in [0.1, 0.15) is 5.65 Å². The standard InChI is InChI=1S/C14H14N4O2S/c1-21(19,20)18-11-5-2-4-10(8-11)17-13-9-16-14-12(13)6-3-7-15-14/h2-9,17-18H,1H3,(H,15,16). The highest BCUT2D eigenvalue weighted by Gasteiger charge is 2.06. The number of benzene rings is 1. The monoisotopic (exact) mass is 302 g/mol. The number of H-pyrrole nitrogens is 1. The Labute approximate surface area is 122 Å². The number of fused-ring (bicyclic) bond motifs is 1. The van der Waals surface area contributed by atoms with E-state index in [1.165, 1.54) is 0 Å². The van der Waals surface area contributed by atoms with Gasteiger partial charge in [-0.2, -0.15) is 0 Å². The molecule has 0 aliphatic heterocycles. The molecule has 108 valence electrons. The van der Waals surface area contributed by atoms with Crippen LogP contribution in [0.5, 0.6) is 0 Å². The second-order valence-corrected chi connectivity index (χ2v) is 6.43. The van der Waals surface area contributed by atoms with Crippen LogP contribution in [0.2, 0.25) is 0 Å². The molecular weight excluding hydrogens is 288 g/mol. The Balaban J connectivity index is 1.90. The average Bonchev–Trinajstić information content (AvgIpc) is 2.81. The van der Waals surface area contributed by atoms with Crippen molar-refractivity contribution in [2.45, 2.75) is 0 Å². The molecule has 0 fully saturated rings. The molecule has 3 aromatic rings. The zero-order valence-electron chi connectivity index (χ0n) is 11.3. The molecule has 2 aromatic heterocycles. The summed E-state index contributed by atoms with van der Waals surface area (Å²) in [7, 11) is -3.28. The van der Waals surface area contributed by atoms with Crippen molar-refractivity contribution >= 4 is 38.1 Å². The van der Waals surface area contributed by atoms with Crippen LogP contribution in [0.25, 0.3) is 11.0 Å². The van der Waals surface area contributed by atoms with Crippen LogP contribution in [0.4, 0.5) is 17.1 Å². The number of aromatic amines is 1. The molecular formula is C14H14N4O2S. The van der Waals surface area contributed by atoms with Gasteiger partial charge in [0.15, 0.2) is 0 Å². The van der Waals surface area contributed by atoms with Crippen molar-refractivity contribution in [1.82, 2.24) is 9.97 Å². The maximum atomic E-state index is 11.3. The number of anilines is 3. The van der Waals surface area contributed by atoms with Gasteiger partial charge in [0.2, 0.25) is 10.0 Å². The van der Waals surface area contributed by atoms with E-state index in [0.717, 1.165) is 28.7 Å². The van der Waals surface area contributed by atoms with E-state index in [1.54, 1.807) is 24.4 Å². The van der Waals surface area contributed by atoms with Crippen LogP contribution in [-0.4, -0.2) is 24.6 Å². The minimum Gasteiger partial charge on any atom is -0.354 e. The van der Waals surface area contributed by atoms with Gasteiger partial charge in [0.25, 0.3) is 0 Å². The zero-order chi connectivity index (χ0) is 14.9. The molecule has 2 heterocycles. The molecule has 0 spiro atoms. The fraction of sp³-hybridized carbons (Fsp3) is 0.0714. The topological polar surface area (TPSA) is 86.9 Å². The molecule has 0 aliphatic carbocycles. The lowest BCUT2D eigenvalue weighted by Crippen LogP contribution is -2.09. The Bertz CT molecular complexity index is 887. The third-order valence-electron chi connectivity index (χ3n) is 2.90. The second kappa shape index (κ2) is 5.10. The molecule has 0 amide bonds. The number of nitrogens with zero attached hydrogens (tertiary/aromatic N) is 1. The zero-order valence-corrected chi connectivity index (χ0v) is 12.1. The van der Waals surface area contributed by atoms with Gasteiger partial charge in [-0.05, 0) is 30.3 Å². The predicted molar refractivity (Wildman–Crippen MR) is 84.3 cm³/mol. The highest BCUT2D eigenvalue weighted by Crippen LogP contribution is 2.26. The van der Waals surface area contributed by atoms with Crippen molar-refractivity contribution in [3.63, 3.8) is 0 Å². The summed E-state index contributed by atoms with van der Waals surface area (Å²) in [6, 6.07) is 10.9. The smallest absolute Gasteiger partial charge is 0.229 e. The van der Waals surface area contributed by atoms with E-state index in [9.17, 15) is 8.42 Å². The van der Waals surface area contributed by atoms with Crippen LogP contribution in [0.1, 0.15) is 0 Å².